The summed E-state index contributed by atoms with van der Waals surface area (Å²) >= 11 is 0. The van der Waals surface area contributed by atoms with Gasteiger partial charge >= 0.3 is 0 Å². The molecule has 1 heterocycles. The second-order valence-electron chi connectivity index (χ2n) is 17.3. The van der Waals surface area contributed by atoms with E-state index in [1.165, 1.54) is 0 Å². The van der Waals surface area contributed by atoms with Crippen molar-refractivity contribution in [2.45, 2.75) is 149 Å². The molecule has 246 valence electrons. The van der Waals surface area contributed by atoms with Crippen LogP contribution in [-0.2, 0) is 14.3 Å². The Labute approximate surface area is 257 Å². The molecule has 0 amide bonds. The third-order valence-electron chi connectivity index (χ3n) is 15.0. The zero-order chi connectivity index (χ0) is 31.5. The number of aliphatic hydroxyl groups excluding tert-OH is 5. The Hall–Kier alpha value is -0.610. The number of carbonyl (C=O) groups excluding carboxylic acids is 1. The second-order valence-corrected chi connectivity index (χ2v) is 17.3. The summed E-state index contributed by atoms with van der Waals surface area (Å²) in [5, 5.41) is 54.6. The van der Waals surface area contributed by atoms with Gasteiger partial charge < -0.3 is 35.0 Å². The van der Waals surface area contributed by atoms with Gasteiger partial charge in [0.05, 0.1) is 24.9 Å². The zero-order valence-corrected chi connectivity index (χ0v) is 27.5. The number of hydrogen-bond acceptors (Lipinski definition) is 8. The molecule has 3 unspecified atom stereocenters. The van der Waals surface area contributed by atoms with Crippen LogP contribution in [0.15, 0.2) is 0 Å². The number of aliphatic hydroxyl groups is 5. The van der Waals surface area contributed by atoms with E-state index in [9.17, 15) is 30.3 Å². The predicted molar refractivity (Wildman–Crippen MR) is 161 cm³/mol. The van der Waals surface area contributed by atoms with Crippen LogP contribution in [0.4, 0.5) is 0 Å². The fourth-order valence-electron chi connectivity index (χ4n) is 12.5. The topological polar surface area (TPSA) is 137 Å². The smallest absolute Gasteiger partial charge is 0.186 e. The van der Waals surface area contributed by atoms with Crippen molar-refractivity contribution in [1.82, 2.24) is 0 Å². The van der Waals surface area contributed by atoms with Gasteiger partial charge in [0.15, 0.2) is 6.29 Å². The van der Waals surface area contributed by atoms with E-state index in [2.05, 4.69) is 34.6 Å². The Kier molecular flexibility index (Phi) is 7.86. The fraction of sp³-hybridized carbons (Fsp3) is 0.971. The molecular weight excluding hydrogens is 548 g/mol. The number of ketones is 1. The quantitative estimate of drug-likeness (QED) is 0.295. The van der Waals surface area contributed by atoms with Crippen LogP contribution in [0.25, 0.3) is 0 Å². The van der Waals surface area contributed by atoms with E-state index in [-0.39, 0.29) is 69.4 Å². The van der Waals surface area contributed by atoms with Crippen molar-refractivity contribution in [3.8, 4) is 0 Å². The van der Waals surface area contributed by atoms with E-state index < -0.39 is 30.7 Å². The monoisotopic (exact) mass is 606 g/mol. The number of ether oxygens (including phenoxy) is 2. The third-order valence-corrected chi connectivity index (χ3v) is 15.0. The van der Waals surface area contributed by atoms with Crippen molar-refractivity contribution in [2.75, 3.05) is 6.61 Å². The van der Waals surface area contributed by atoms with Crippen molar-refractivity contribution < 1.29 is 39.8 Å². The summed E-state index contributed by atoms with van der Waals surface area (Å²) in [7, 11) is 0. The largest absolute Gasteiger partial charge is 0.393 e. The van der Waals surface area contributed by atoms with E-state index in [1.807, 2.05) is 13.8 Å². The molecule has 5 aliphatic carbocycles. The summed E-state index contributed by atoms with van der Waals surface area (Å²) in [6.45, 7) is 15.2. The highest BCUT2D eigenvalue weighted by molar-refractivity contribution is 5.80. The van der Waals surface area contributed by atoms with Crippen LogP contribution in [0.5, 0.6) is 0 Å². The van der Waals surface area contributed by atoms with Gasteiger partial charge in [0, 0.05) is 17.8 Å². The van der Waals surface area contributed by atoms with Gasteiger partial charge in [0.1, 0.15) is 24.1 Å². The first-order valence-corrected chi connectivity index (χ1v) is 17.2. The van der Waals surface area contributed by atoms with Crippen LogP contribution in [0.3, 0.4) is 0 Å². The molecule has 1 aliphatic heterocycles. The molecule has 43 heavy (non-hydrogen) atoms. The number of rotatable bonds is 7. The van der Waals surface area contributed by atoms with Crippen LogP contribution < -0.4 is 0 Å². The third kappa shape index (κ3) is 4.29. The van der Waals surface area contributed by atoms with E-state index in [0.717, 1.165) is 44.9 Å². The van der Waals surface area contributed by atoms with Gasteiger partial charge in [-0.3, -0.25) is 4.79 Å². The van der Waals surface area contributed by atoms with E-state index >= 15 is 0 Å². The maximum Gasteiger partial charge on any atom is 0.186 e. The lowest BCUT2D eigenvalue weighted by Gasteiger charge is -2.64. The van der Waals surface area contributed by atoms with Crippen LogP contribution in [0.2, 0.25) is 0 Å². The van der Waals surface area contributed by atoms with E-state index in [1.54, 1.807) is 0 Å². The molecule has 0 bridgehead atoms. The van der Waals surface area contributed by atoms with Crippen LogP contribution in [0.1, 0.15) is 106 Å². The number of hydrogen-bond donors (Lipinski definition) is 5. The molecule has 6 aliphatic rings. The fourth-order valence-corrected chi connectivity index (χ4v) is 12.5. The Balaban J connectivity index is 1.35. The minimum Gasteiger partial charge on any atom is -0.393 e. The lowest BCUT2D eigenvalue weighted by Crippen LogP contribution is -2.62. The van der Waals surface area contributed by atoms with Gasteiger partial charge in [-0.05, 0) is 96.7 Å². The Morgan fingerprint density at radius 1 is 0.884 bits per heavy atom. The highest BCUT2D eigenvalue weighted by Crippen LogP contribution is 2.89. The molecule has 0 radical (unpaired) electrons. The maximum absolute atomic E-state index is 12.7. The molecule has 6 fully saturated rings. The Morgan fingerprint density at radius 3 is 2.23 bits per heavy atom. The minimum atomic E-state index is -1.36. The second kappa shape index (κ2) is 10.4. The van der Waals surface area contributed by atoms with Crippen molar-refractivity contribution in [3.63, 3.8) is 0 Å². The molecular formula is C35H58O8. The van der Waals surface area contributed by atoms with E-state index in [4.69, 9.17) is 9.47 Å². The Bertz CT molecular complexity index is 1090. The molecule has 8 heteroatoms. The predicted octanol–water partition coefficient (Wildman–Crippen LogP) is 3.83. The number of fused-ring (bicyclic) bond motifs is 2. The molecule has 8 nitrogen and oxygen atoms in total. The number of carbonyl (C=O) groups is 1. The normalized spacial score (nSPS) is 54.3. The molecule has 0 aromatic heterocycles. The molecule has 15 atom stereocenters. The van der Waals surface area contributed by atoms with Gasteiger partial charge in [-0.1, -0.05) is 48.5 Å². The summed E-state index contributed by atoms with van der Waals surface area (Å²) < 4.78 is 12.4. The molecule has 5 saturated carbocycles. The first kappa shape index (κ1) is 32.3. The SMILES string of the molecule is CC(C)C(=O)CC[C@@H](C)[C@H]1C(O[C@@H]2OC[C@H](O)[C@H](O)[C@H]2O)C[C@@]2(C)[C@@H]3CC[C@H]4C(C)(C)C(O)CC[C@@]45C[C@@]35C(O)C[C@]12C. The van der Waals surface area contributed by atoms with Gasteiger partial charge in [-0.25, -0.2) is 0 Å². The summed E-state index contributed by atoms with van der Waals surface area (Å²) in [4.78, 5) is 12.7. The zero-order valence-electron chi connectivity index (χ0n) is 27.5. The summed E-state index contributed by atoms with van der Waals surface area (Å²) in [5.74, 6) is 1.08. The molecule has 6 rings (SSSR count). The van der Waals surface area contributed by atoms with Crippen molar-refractivity contribution in [1.29, 1.82) is 0 Å². The lowest BCUT2D eigenvalue weighted by molar-refractivity contribution is -0.288. The van der Waals surface area contributed by atoms with Gasteiger partial charge in [0.2, 0.25) is 0 Å². The number of Topliss-reactive ketones (excluding diaryl/α,β-unsaturated/α-hetero) is 1. The Morgan fingerprint density at radius 2 is 1.56 bits per heavy atom. The van der Waals surface area contributed by atoms with Gasteiger partial charge in [-0.2, -0.15) is 0 Å². The maximum atomic E-state index is 12.7. The summed E-state index contributed by atoms with van der Waals surface area (Å²) in [6.07, 6.45) is 1.56. The van der Waals surface area contributed by atoms with Crippen molar-refractivity contribution in [2.24, 2.45) is 56.7 Å². The van der Waals surface area contributed by atoms with Crippen molar-refractivity contribution in [3.05, 3.63) is 0 Å². The average Bonchev–Trinajstić information content (AvgIpc) is 3.57. The standard InChI is InChI=1S/C35H58O8/c1-18(2)20(36)9-8-19(3)27-22(43-30-29(41)28(40)21(37)16-42-30)14-32(6)24-11-10-23-31(4,5)25(38)12-13-34(23)17-35(24,34)26(39)15-33(27,32)7/h18-19,21-30,37-41H,8-17H2,1-7H3/t19-,21+,22?,23+,24+,25?,26?,27+,28+,29-,30+,32+,33-,34-,35+/m1/s1. The first-order chi connectivity index (χ1) is 20.0. The molecule has 1 saturated heterocycles. The lowest BCUT2D eigenvalue weighted by atomic mass is 9.41. The van der Waals surface area contributed by atoms with Crippen LogP contribution >= 0.6 is 0 Å². The molecule has 2 spiro atoms. The van der Waals surface area contributed by atoms with Crippen molar-refractivity contribution >= 4 is 5.78 Å². The van der Waals surface area contributed by atoms with Crippen LogP contribution in [-0.4, -0.2) is 80.8 Å². The minimum absolute atomic E-state index is 0.0151. The molecule has 0 aromatic carbocycles. The van der Waals surface area contributed by atoms with Gasteiger partial charge in [0.25, 0.3) is 0 Å². The highest BCUT2D eigenvalue weighted by Gasteiger charge is 2.85. The molecule has 5 N–H and O–H groups in total. The average molecular weight is 607 g/mol. The first-order valence-electron chi connectivity index (χ1n) is 17.2. The summed E-state index contributed by atoms with van der Waals surface area (Å²) in [6, 6.07) is 0. The van der Waals surface area contributed by atoms with Crippen LogP contribution in [0, 0.1) is 56.7 Å². The van der Waals surface area contributed by atoms with Gasteiger partial charge in [-0.15, -0.1) is 0 Å². The summed E-state index contributed by atoms with van der Waals surface area (Å²) in [5.41, 5.74) is -0.682. The molecule has 0 aromatic rings. The van der Waals surface area contributed by atoms with E-state index in [0.29, 0.717) is 24.7 Å². The highest BCUT2D eigenvalue weighted by atomic mass is 16.7.